The zero-order chi connectivity index (χ0) is 38.8. The molecule has 0 unspecified atom stereocenters. The van der Waals surface area contributed by atoms with Crippen LogP contribution in [0.25, 0.3) is 0 Å². The number of rotatable bonds is 14. The van der Waals surface area contributed by atoms with E-state index in [1.54, 1.807) is 13.0 Å². The van der Waals surface area contributed by atoms with Gasteiger partial charge in [0.2, 0.25) is 23.5 Å². The van der Waals surface area contributed by atoms with Crippen molar-refractivity contribution in [3.05, 3.63) is 28.5 Å². The highest BCUT2D eigenvalue weighted by molar-refractivity contribution is 6.38. The molecule has 1 saturated heterocycles. The molecule has 54 heavy (non-hydrogen) atoms. The maximum atomic E-state index is 15.0. The molecule has 0 bridgehead atoms. The minimum absolute atomic E-state index is 0.0102. The summed E-state index contributed by atoms with van der Waals surface area (Å²) >= 11 is 6.37. The van der Waals surface area contributed by atoms with E-state index in [2.05, 4.69) is 21.1 Å². The molecule has 4 fully saturated rings. The van der Waals surface area contributed by atoms with Crippen molar-refractivity contribution >= 4 is 46.7 Å². The monoisotopic (exact) mass is 771 g/mol. The Bertz CT molecular complexity index is 1630. The maximum Gasteiger partial charge on any atom is 0.289 e. The Morgan fingerprint density at radius 2 is 1.72 bits per heavy atom. The Kier molecular flexibility index (Phi) is 12.2. The number of ketones is 1. The SMILES string of the molecule is CCOc1c(F)cc(C2=NO[C@]3(C2)C[C@@H](C(=O)N[C@@H](CC2CCC2)C(=O)C(=O)NC2CC2)N(C(=O)[C@@H](NC(=O)CC2CCCCC2)C(C)(C)C)C3)cc1Cl. The van der Waals surface area contributed by atoms with Crippen LogP contribution < -0.4 is 20.7 Å². The molecule has 3 saturated carbocycles. The second-order valence-electron chi connectivity index (χ2n) is 17.2. The van der Waals surface area contributed by atoms with Gasteiger partial charge in [-0.25, -0.2) is 4.39 Å². The third-order valence-electron chi connectivity index (χ3n) is 11.6. The predicted molar refractivity (Wildman–Crippen MR) is 200 cm³/mol. The number of amides is 4. The fourth-order valence-electron chi connectivity index (χ4n) is 8.18. The highest BCUT2D eigenvalue weighted by Gasteiger charge is 2.56. The standard InChI is InChI=1S/C40H55ClFN5O7/c1-5-53-34-27(41)18-25(19-28(34)42)30-20-40(54-46-30)21-31(36(50)44-29(16-23-12-9-13-23)33(49)37(51)43-26-14-15-26)47(22-40)38(52)35(39(2,3)4)45-32(48)17-24-10-7-6-8-11-24/h18-19,23-24,26,29,31,35H,5-17,20-22H2,1-4H3,(H,43,51)(H,44,50)(H,45,48)/t29-,31-,35+,40+/m0/s1. The maximum absolute atomic E-state index is 15.0. The lowest BCUT2D eigenvalue weighted by atomic mass is 9.80. The number of Topliss-reactive ketones (excluding diaryl/α,β-unsaturated/α-hetero) is 1. The molecule has 1 spiro atoms. The van der Waals surface area contributed by atoms with E-state index in [1.165, 1.54) is 11.0 Å². The van der Waals surface area contributed by atoms with Gasteiger partial charge in [0, 0.05) is 30.9 Å². The lowest BCUT2D eigenvalue weighted by molar-refractivity contribution is -0.145. The molecule has 3 aliphatic carbocycles. The van der Waals surface area contributed by atoms with Crippen molar-refractivity contribution in [1.29, 1.82) is 0 Å². The number of carbonyl (C=O) groups excluding carboxylic acids is 5. The number of likely N-dealkylation sites (tertiary alicyclic amines) is 1. The molecule has 3 N–H and O–H groups in total. The molecular weight excluding hydrogens is 717 g/mol. The molecule has 4 amide bonds. The first kappa shape index (κ1) is 39.9. The number of carbonyl (C=O) groups is 5. The fourth-order valence-corrected chi connectivity index (χ4v) is 8.45. The third kappa shape index (κ3) is 9.37. The van der Waals surface area contributed by atoms with Gasteiger partial charge in [-0.1, -0.05) is 76.1 Å². The van der Waals surface area contributed by atoms with Gasteiger partial charge >= 0.3 is 0 Å². The molecule has 5 aliphatic rings. The quantitative estimate of drug-likeness (QED) is 0.215. The molecule has 296 valence electrons. The summed E-state index contributed by atoms with van der Waals surface area (Å²) in [5.41, 5.74) is -1.14. The second kappa shape index (κ2) is 16.5. The van der Waals surface area contributed by atoms with E-state index in [0.29, 0.717) is 24.1 Å². The number of ether oxygens (including phenoxy) is 1. The van der Waals surface area contributed by atoms with Gasteiger partial charge in [-0.15, -0.1) is 0 Å². The van der Waals surface area contributed by atoms with Gasteiger partial charge in [0.15, 0.2) is 17.2 Å². The van der Waals surface area contributed by atoms with Crippen molar-refractivity contribution in [1.82, 2.24) is 20.9 Å². The van der Waals surface area contributed by atoms with E-state index in [1.807, 2.05) is 20.8 Å². The van der Waals surface area contributed by atoms with Crippen LogP contribution in [-0.4, -0.2) is 82.9 Å². The largest absolute Gasteiger partial charge is 0.489 e. The van der Waals surface area contributed by atoms with Gasteiger partial charge in [0.05, 0.1) is 29.9 Å². The van der Waals surface area contributed by atoms with Crippen molar-refractivity contribution in [2.75, 3.05) is 13.2 Å². The van der Waals surface area contributed by atoms with Crippen molar-refractivity contribution in [2.45, 2.75) is 147 Å². The average molecular weight is 772 g/mol. The Balaban J connectivity index is 1.25. The van der Waals surface area contributed by atoms with Crippen LogP contribution in [0.15, 0.2) is 17.3 Å². The summed E-state index contributed by atoms with van der Waals surface area (Å²) < 4.78 is 20.4. The molecule has 2 heterocycles. The Morgan fingerprint density at radius 3 is 2.33 bits per heavy atom. The summed E-state index contributed by atoms with van der Waals surface area (Å²) in [6, 6.07) is -0.373. The molecule has 12 nitrogen and oxygen atoms in total. The smallest absolute Gasteiger partial charge is 0.289 e. The van der Waals surface area contributed by atoms with E-state index in [9.17, 15) is 24.0 Å². The van der Waals surface area contributed by atoms with Gasteiger partial charge in [-0.05, 0) is 68.4 Å². The van der Waals surface area contributed by atoms with Crippen molar-refractivity contribution in [2.24, 2.45) is 22.4 Å². The van der Waals surface area contributed by atoms with Gasteiger partial charge in [-0.3, -0.25) is 24.0 Å². The number of hydrogen-bond donors (Lipinski definition) is 3. The molecule has 0 radical (unpaired) electrons. The fraction of sp³-hybridized carbons (Fsp3) is 0.700. The normalized spacial score (nSPS) is 24.2. The molecular formula is C40H55ClFN5O7. The van der Waals surface area contributed by atoms with Crippen LogP contribution >= 0.6 is 11.6 Å². The Labute approximate surface area is 322 Å². The van der Waals surface area contributed by atoms with Gasteiger partial charge in [0.25, 0.3) is 5.91 Å². The molecule has 6 rings (SSSR count). The molecule has 2 aliphatic heterocycles. The average Bonchev–Trinajstić information content (AvgIpc) is 3.70. The van der Waals surface area contributed by atoms with Crippen molar-refractivity contribution < 1.29 is 37.9 Å². The third-order valence-corrected chi connectivity index (χ3v) is 11.9. The van der Waals surface area contributed by atoms with Crippen LogP contribution in [0.4, 0.5) is 4.39 Å². The van der Waals surface area contributed by atoms with Gasteiger partial charge in [0.1, 0.15) is 12.1 Å². The van der Waals surface area contributed by atoms with Crippen LogP contribution in [0, 0.1) is 23.1 Å². The number of nitrogens with zero attached hydrogens (tertiary/aromatic N) is 2. The number of hydrogen-bond acceptors (Lipinski definition) is 8. The summed E-state index contributed by atoms with van der Waals surface area (Å²) in [6.07, 6.45) is 10.5. The highest BCUT2D eigenvalue weighted by atomic mass is 35.5. The van der Waals surface area contributed by atoms with Crippen LogP contribution in [0.2, 0.25) is 5.02 Å². The van der Waals surface area contributed by atoms with E-state index in [4.69, 9.17) is 21.2 Å². The molecule has 1 aromatic rings. The highest BCUT2D eigenvalue weighted by Crippen LogP contribution is 2.41. The van der Waals surface area contributed by atoms with E-state index in [0.717, 1.165) is 64.2 Å². The zero-order valence-corrected chi connectivity index (χ0v) is 32.7. The summed E-state index contributed by atoms with van der Waals surface area (Å²) in [5, 5.41) is 13.0. The summed E-state index contributed by atoms with van der Waals surface area (Å²) in [4.78, 5) is 76.5. The zero-order valence-electron chi connectivity index (χ0n) is 31.9. The van der Waals surface area contributed by atoms with Gasteiger partial charge in [-0.2, -0.15) is 0 Å². The molecule has 14 heteroatoms. The Morgan fingerprint density at radius 1 is 1.02 bits per heavy atom. The van der Waals surface area contributed by atoms with Crippen LogP contribution in [0.1, 0.15) is 123 Å². The number of benzene rings is 1. The van der Waals surface area contributed by atoms with E-state index in [-0.39, 0.29) is 60.6 Å². The number of nitrogens with one attached hydrogen (secondary N) is 3. The minimum Gasteiger partial charge on any atom is -0.489 e. The van der Waals surface area contributed by atoms with Crippen LogP contribution in [0.3, 0.4) is 0 Å². The van der Waals surface area contributed by atoms with Gasteiger partial charge < -0.3 is 30.4 Å². The molecule has 4 atom stereocenters. The van der Waals surface area contributed by atoms with E-state index >= 15 is 4.39 Å². The Hall–Kier alpha value is -3.74. The summed E-state index contributed by atoms with van der Waals surface area (Å²) in [5.74, 6) is -2.96. The predicted octanol–water partition coefficient (Wildman–Crippen LogP) is 5.37. The minimum atomic E-state index is -1.17. The lowest BCUT2D eigenvalue weighted by Gasteiger charge is -2.36. The van der Waals surface area contributed by atoms with Crippen LogP contribution in [0.5, 0.6) is 5.75 Å². The summed E-state index contributed by atoms with van der Waals surface area (Å²) in [7, 11) is 0. The topological polar surface area (TPSA) is 156 Å². The lowest BCUT2D eigenvalue weighted by Crippen LogP contribution is -2.59. The van der Waals surface area contributed by atoms with Crippen LogP contribution in [-0.2, 0) is 28.8 Å². The second-order valence-corrected chi connectivity index (χ2v) is 17.6. The van der Waals surface area contributed by atoms with E-state index < -0.39 is 58.5 Å². The molecule has 1 aromatic carbocycles. The first-order chi connectivity index (χ1) is 25.7. The van der Waals surface area contributed by atoms with Crippen molar-refractivity contribution in [3.8, 4) is 5.75 Å². The molecule has 0 aromatic heterocycles. The first-order valence-corrected chi connectivity index (χ1v) is 20.2. The van der Waals surface area contributed by atoms with Crippen molar-refractivity contribution in [3.63, 3.8) is 0 Å². The number of halogens is 2. The summed E-state index contributed by atoms with van der Waals surface area (Å²) in [6.45, 7) is 7.48. The first-order valence-electron chi connectivity index (χ1n) is 19.8. The number of oxime groups is 1.